The number of aromatic nitrogens is 2. The van der Waals surface area contributed by atoms with Crippen molar-refractivity contribution in [3.63, 3.8) is 0 Å². The number of nitrogens with zero attached hydrogens (tertiary/aromatic N) is 2. The molecule has 2 aromatic carbocycles. The fourth-order valence-electron chi connectivity index (χ4n) is 2.41. The Balaban J connectivity index is 1.89. The predicted octanol–water partition coefficient (Wildman–Crippen LogP) is 3.71. The minimum atomic E-state index is -0.161. The molecule has 3 rings (SSSR count). The number of benzene rings is 2. The lowest BCUT2D eigenvalue weighted by atomic mass is 10.2. The molecule has 0 saturated heterocycles. The van der Waals surface area contributed by atoms with Crippen molar-refractivity contribution in [3.05, 3.63) is 54.1 Å². The second-order valence-electron chi connectivity index (χ2n) is 5.53. The van der Waals surface area contributed by atoms with Crippen LogP contribution in [0.25, 0.3) is 11.0 Å². The van der Waals surface area contributed by atoms with E-state index in [-0.39, 0.29) is 5.91 Å². The van der Waals surface area contributed by atoms with E-state index in [2.05, 4.69) is 27.5 Å². The molecule has 1 aromatic heterocycles. The number of hydrogen-bond donors (Lipinski definition) is 2. The van der Waals surface area contributed by atoms with Gasteiger partial charge in [-0.1, -0.05) is 25.1 Å². The smallest absolute Gasteiger partial charge is 0.257 e. The summed E-state index contributed by atoms with van der Waals surface area (Å²) < 4.78 is 5.30. The van der Waals surface area contributed by atoms with Gasteiger partial charge in [-0.05, 0) is 36.8 Å². The quantitative estimate of drug-likeness (QED) is 0.717. The number of carbonyl (C=O) groups excluding carboxylic acids is 1. The minimum absolute atomic E-state index is 0.161. The van der Waals surface area contributed by atoms with Gasteiger partial charge in [0.05, 0.1) is 18.1 Å². The molecule has 0 aliphatic carbocycles. The molecule has 0 spiro atoms. The Hall–Kier alpha value is -3.15. The fourth-order valence-corrected chi connectivity index (χ4v) is 2.41. The van der Waals surface area contributed by atoms with E-state index < -0.39 is 0 Å². The van der Waals surface area contributed by atoms with Gasteiger partial charge in [-0.25, -0.2) is 9.97 Å². The summed E-state index contributed by atoms with van der Waals surface area (Å²) in [5.74, 6) is 0.899. The van der Waals surface area contributed by atoms with E-state index in [0.29, 0.717) is 34.0 Å². The Morgan fingerprint density at radius 3 is 2.60 bits per heavy atom. The number of amides is 1. The highest BCUT2D eigenvalue weighted by atomic mass is 16.5. The number of methoxy groups -OCH3 is 1. The number of anilines is 2. The van der Waals surface area contributed by atoms with Gasteiger partial charge in [0.15, 0.2) is 5.82 Å². The standard InChI is InChI=1S/C19H20N4O2/c1-3-11-20-17-19(25-2)23-15-10-9-14(12-16(15)22-17)21-18(24)13-7-5-4-6-8-13/h4-10,12H,3,11H2,1-2H3,(H,20,22)(H,21,24). The van der Waals surface area contributed by atoms with Crippen LogP contribution in [0.3, 0.4) is 0 Å². The van der Waals surface area contributed by atoms with E-state index in [4.69, 9.17) is 4.74 Å². The van der Waals surface area contributed by atoms with Crippen LogP contribution < -0.4 is 15.4 Å². The lowest BCUT2D eigenvalue weighted by Crippen LogP contribution is -2.11. The number of ether oxygens (including phenoxy) is 1. The van der Waals surface area contributed by atoms with Crippen molar-refractivity contribution in [2.24, 2.45) is 0 Å². The van der Waals surface area contributed by atoms with Crippen molar-refractivity contribution in [1.29, 1.82) is 0 Å². The summed E-state index contributed by atoms with van der Waals surface area (Å²) >= 11 is 0. The van der Waals surface area contributed by atoms with Crippen LogP contribution in [0.1, 0.15) is 23.7 Å². The van der Waals surface area contributed by atoms with Gasteiger partial charge in [0.2, 0.25) is 0 Å². The van der Waals surface area contributed by atoms with Crippen LogP contribution in [0.2, 0.25) is 0 Å². The van der Waals surface area contributed by atoms with Crippen LogP contribution in [-0.4, -0.2) is 29.5 Å². The van der Waals surface area contributed by atoms with E-state index in [9.17, 15) is 4.79 Å². The predicted molar refractivity (Wildman–Crippen MR) is 99.3 cm³/mol. The molecule has 0 atom stereocenters. The average molecular weight is 336 g/mol. The lowest BCUT2D eigenvalue weighted by molar-refractivity contribution is 0.102. The summed E-state index contributed by atoms with van der Waals surface area (Å²) in [5.41, 5.74) is 2.66. The molecule has 2 N–H and O–H groups in total. The zero-order valence-corrected chi connectivity index (χ0v) is 14.2. The molecule has 6 heteroatoms. The van der Waals surface area contributed by atoms with Crippen LogP contribution >= 0.6 is 0 Å². The third-order valence-corrected chi connectivity index (χ3v) is 3.66. The first-order chi connectivity index (χ1) is 12.2. The topological polar surface area (TPSA) is 76.1 Å². The lowest BCUT2D eigenvalue weighted by Gasteiger charge is -2.11. The molecular formula is C19H20N4O2. The maximum Gasteiger partial charge on any atom is 0.257 e. The molecule has 128 valence electrons. The highest BCUT2D eigenvalue weighted by Crippen LogP contribution is 2.25. The highest BCUT2D eigenvalue weighted by molar-refractivity contribution is 6.04. The van der Waals surface area contributed by atoms with Crippen LogP contribution in [-0.2, 0) is 0 Å². The van der Waals surface area contributed by atoms with Gasteiger partial charge in [-0.15, -0.1) is 0 Å². The first-order valence-electron chi connectivity index (χ1n) is 8.17. The monoisotopic (exact) mass is 336 g/mol. The molecule has 0 unspecified atom stereocenters. The Labute approximate surface area is 146 Å². The van der Waals surface area contributed by atoms with Gasteiger partial charge in [0.25, 0.3) is 11.8 Å². The number of nitrogens with one attached hydrogen (secondary N) is 2. The molecule has 0 fully saturated rings. The maximum absolute atomic E-state index is 12.3. The Morgan fingerprint density at radius 1 is 1.08 bits per heavy atom. The average Bonchev–Trinajstić information content (AvgIpc) is 2.66. The van der Waals surface area contributed by atoms with Crippen LogP contribution in [0.15, 0.2) is 48.5 Å². The molecule has 1 heterocycles. The van der Waals surface area contributed by atoms with E-state index >= 15 is 0 Å². The van der Waals surface area contributed by atoms with Crippen molar-refractivity contribution in [3.8, 4) is 5.88 Å². The molecule has 25 heavy (non-hydrogen) atoms. The fraction of sp³-hybridized carbons (Fsp3) is 0.211. The molecule has 3 aromatic rings. The number of hydrogen-bond acceptors (Lipinski definition) is 5. The number of fused-ring (bicyclic) bond motifs is 1. The highest BCUT2D eigenvalue weighted by Gasteiger charge is 2.11. The van der Waals surface area contributed by atoms with Gasteiger partial charge in [0, 0.05) is 17.8 Å². The summed E-state index contributed by atoms with van der Waals surface area (Å²) in [6.45, 7) is 2.85. The van der Waals surface area contributed by atoms with Crippen molar-refractivity contribution in [2.45, 2.75) is 13.3 Å². The number of rotatable bonds is 6. The van der Waals surface area contributed by atoms with Crippen LogP contribution in [0, 0.1) is 0 Å². The summed E-state index contributed by atoms with van der Waals surface area (Å²) in [6.07, 6.45) is 0.968. The van der Waals surface area contributed by atoms with Crippen molar-refractivity contribution in [2.75, 3.05) is 24.3 Å². The van der Waals surface area contributed by atoms with Crippen molar-refractivity contribution >= 4 is 28.4 Å². The molecule has 1 amide bonds. The van der Waals surface area contributed by atoms with Crippen LogP contribution in [0.4, 0.5) is 11.5 Å². The Kier molecular flexibility index (Phi) is 5.09. The maximum atomic E-state index is 12.3. The minimum Gasteiger partial charge on any atom is -0.478 e. The normalized spacial score (nSPS) is 10.5. The summed E-state index contributed by atoms with van der Waals surface area (Å²) in [5, 5.41) is 6.09. The third kappa shape index (κ3) is 3.85. The zero-order valence-electron chi connectivity index (χ0n) is 14.2. The van der Waals surface area contributed by atoms with E-state index in [0.717, 1.165) is 13.0 Å². The van der Waals surface area contributed by atoms with Crippen molar-refractivity contribution in [1.82, 2.24) is 9.97 Å². The molecule has 0 radical (unpaired) electrons. The van der Waals surface area contributed by atoms with E-state index in [1.165, 1.54) is 0 Å². The molecule has 0 bridgehead atoms. The van der Waals surface area contributed by atoms with Gasteiger partial charge >= 0.3 is 0 Å². The van der Waals surface area contributed by atoms with Gasteiger partial charge < -0.3 is 15.4 Å². The second kappa shape index (κ2) is 7.61. The van der Waals surface area contributed by atoms with Gasteiger partial charge in [0.1, 0.15) is 0 Å². The Bertz CT molecular complexity index is 881. The van der Waals surface area contributed by atoms with Crippen molar-refractivity contribution < 1.29 is 9.53 Å². The second-order valence-corrected chi connectivity index (χ2v) is 5.53. The van der Waals surface area contributed by atoms with E-state index in [1.54, 1.807) is 31.4 Å². The van der Waals surface area contributed by atoms with Gasteiger partial charge in [-0.3, -0.25) is 4.79 Å². The van der Waals surface area contributed by atoms with E-state index in [1.807, 2.05) is 24.3 Å². The molecule has 0 aliphatic rings. The third-order valence-electron chi connectivity index (χ3n) is 3.66. The van der Waals surface area contributed by atoms with Crippen LogP contribution in [0.5, 0.6) is 5.88 Å². The summed E-state index contributed by atoms with van der Waals surface area (Å²) in [4.78, 5) is 21.3. The molecule has 0 saturated carbocycles. The largest absolute Gasteiger partial charge is 0.478 e. The zero-order chi connectivity index (χ0) is 17.6. The molecular weight excluding hydrogens is 316 g/mol. The Morgan fingerprint density at radius 2 is 1.88 bits per heavy atom. The first-order valence-corrected chi connectivity index (χ1v) is 8.17. The SMILES string of the molecule is CCCNc1nc2cc(NC(=O)c3ccccc3)ccc2nc1OC. The summed E-state index contributed by atoms with van der Waals surface area (Å²) in [7, 11) is 1.57. The molecule has 6 nitrogen and oxygen atoms in total. The summed E-state index contributed by atoms with van der Waals surface area (Å²) in [6, 6.07) is 14.5. The van der Waals surface area contributed by atoms with Gasteiger partial charge in [-0.2, -0.15) is 0 Å². The molecule has 0 aliphatic heterocycles. The number of carbonyl (C=O) groups is 1. The first kappa shape index (κ1) is 16.7.